The summed E-state index contributed by atoms with van der Waals surface area (Å²) in [6, 6.07) is -0.145. The lowest BCUT2D eigenvalue weighted by Crippen LogP contribution is -2.42. The molecule has 0 saturated heterocycles. The highest BCUT2D eigenvalue weighted by atomic mass is 16.2. The van der Waals surface area contributed by atoms with Gasteiger partial charge in [0.25, 0.3) is 0 Å². The van der Waals surface area contributed by atoms with Gasteiger partial charge in [-0.3, -0.25) is 15.9 Å². The van der Waals surface area contributed by atoms with Crippen molar-refractivity contribution in [2.75, 3.05) is 11.9 Å². The topological polar surface area (TPSA) is 111 Å². The highest BCUT2D eigenvalue weighted by molar-refractivity contribution is 5.93. The average Bonchev–Trinajstić information content (AvgIpc) is 3.35. The first-order valence-corrected chi connectivity index (χ1v) is 11.5. The zero-order chi connectivity index (χ0) is 24.6. The molecule has 0 bridgehead atoms. The van der Waals surface area contributed by atoms with E-state index in [2.05, 4.69) is 53.3 Å². The minimum atomic E-state index is -0.145. The lowest BCUT2D eigenvalue weighted by molar-refractivity contribution is 0.189. The summed E-state index contributed by atoms with van der Waals surface area (Å²) in [5.74, 6) is 5.42. The SMILES string of the molecule is C=C(/C=C(\N=CC/C=C\C)c1[nH]ncc1NC(=O)N(CC)C1(C)CC1)NN.CC.CCC. The number of hydrogen-bond acceptors (Lipinski definition) is 5. The van der Waals surface area contributed by atoms with Crippen molar-refractivity contribution in [2.45, 2.75) is 79.7 Å². The summed E-state index contributed by atoms with van der Waals surface area (Å²) in [4.78, 5) is 19.1. The van der Waals surface area contributed by atoms with Crippen LogP contribution < -0.4 is 16.6 Å². The smallest absolute Gasteiger partial charge is 0.322 e. The summed E-state index contributed by atoms with van der Waals surface area (Å²) in [6.07, 6.45) is 13.0. The molecule has 8 nitrogen and oxygen atoms in total. The van der Waals surface area contributed by atoms with E-state index in [1.54, 1.807) is 18.5 Å². The highest BCUT2D eigenvalue weighted by Crippen LogP contribution is 2.41. The minimum absolute atomic E-state index is 0.0518. The molecule has 1 fully saturated rings. The molecule has 1 saturated carbocycles. The van der Waals surface area contributed by atoms with Crippen LogP contribution in [0, 0.1) is 0 Å². The molecule has 2 amide bonds. The van der Waals surface area contributed by atoms with Crippen molar-refractivity contribution >= 4 is 23.6 Å². The number of aliphatic imine (C=N–C) groups is 1. The van der Waals surface area contributed by atoms with Gasteiger partial charge in [0, 0.05) is 30.4 Å². The second-order valence-electron chi connectivity index (χ2n) is 7.35. The minimum Gasteiger partial charge on any atom is -0.325 e. The van der Waals surface area contributed by atoms with Crippen molar-refractivity contribution in [2.24, 2.45) is 10.8 Å². The summed E-state index contributed by atoms with van der Waals surface area (Å²) in [5, 5.41) is 9.91. The molecule has 1 aliphatic rings. The molecular formula is C24H43N7O. The maximum absolute atomic E-state index is 12.7. The molecule has 1 heterocycles. The quantitative estimate of drug-likeness (QED) is 0.130. The number of nitrogens with zero attached hydrogens (tertiary/aromatic N) is 3. The fraction of sp³-hybridized carbons (Fsp3) is 0.542. The van der Waals surface area contributed by atoms with Crippen LogP contribution in [0.1, 0.15) is 79.8 Å². The largest absolute Gasteiger partial charge is 0.325 e. The Morgan fingerprint density at radius 2 is 2.00 bits per heavy atom. The zero-order valence-electron chi connectivity index (χ0n) is 21.0. The molecule has 1 aromatic rings. The van der Waals surface area contributed by atoms with Crippen LogP contribution in [0.25, 0.3) is 5.70 Å². The molecule has 32 heavy (non-hydrogen) atoms. The maximum atomic E-state index is 12.7. The van der Waals surface area contributed by atoms with Crippen LogP contribution in [0.15, 0.2) is 41.7 Å². The van der Waals surface area contributed by atoms with Crippen molar-refractivity contribution in [3.63, 3.8) is 0 Å². The summed E-state index contributed by atoms with van der Waals surface area (Å²) in [6.45, 7) is 18.7. The number of amides is 2. The van der Waals surface area contributed by atoms with E-state index >= 15 is 0 Å². The van der Waals surface area contributed by atoms with E-state index in [0.717, 1.165) is 12.8 Å². The fourth-order valence-corrected chi connectivity index (χ4v) is 2.71. The summed E-state index contributed by atoms with van der Waals surface area (Å²) in [7, 11) is 0. The monoisotopic (exact) mass is 445 g/mol. The van der Waals surface area contributed by atoms with Crippen molar-refractivity contribution in [1.82, 2.24) is 20.5 Å². The van der Waals surface area contributed by atoms with Gasteiger partial charge >= 0.3 is 6.03 Å². The third kappa shape index (κ3) is 9.51. The van der Waals surface area contributed by atoms with E-state index < -0.39 is 0 Å². The van der Waals surface area contributed by atoms with Gasteiger partial charge in [-0.15, -0.1) is 0 Å². The van der Waals surface area contributed by atoms with Gasteiger partial charge in [0.1, 0.15) is 5.69 Å². The molecule has 1 aliphatic carbocycles. The summed E-state index contributed by atoms with van der Waals surface area (Å²) >= 11 is 0. The van der Waals surface area contributed by atoms with E-state index in [-0.39, 0.29) is 11.6 Å². The molecule has 0 aliphatic heterocycles. The second-order valence-corrected chi connectivity index (χ2v) is 7.35. The number of anilines is 1. The number of H-pyrrole nitrogens is 1. The summed E-state index contributed by atoms with van der Waals surface area (Å²) in [5.41, 5.74) is 4.64. The van der Waals surface area contributed by atoms with Crippen LogP contribution in [-0.4, -0.2) is 39.4 Å². The first-order chi connectivity index (χ1) is 15.4. The first kappa shape index (κ1) is 29.1. The van der Waals surface area contributed by atoms with Crippen molar-refractivity contribution in [1.29, 1.82) is 0 Å². The predicted molar refractivity (Wildman–Crippen MR) is 137 cm³/mol. The molecular weight excluding hydrogens is 402 g/mol. The van der Waals surface area contributed by atoms with E-state index in [1.807, 2.05) is 44.7 Å². The number of hydrogen-bond donors (Lipinski definition) is 4. The molecule has 0 spiro atoms. The third-order valence-corrected chi connectivity index (χ3v) is 4.53. The van der Waals surface area contributed by atoms with Crippen LogP contribution in [0.2, 0.25) is 0 Å². The molecule has 5 N–H and O–H groups in total. The highest BCUT2D eigenvalue weighted by Gasteiger charge is 2.45. The van der Waals surface area contributed by atoms with Gasteiger partial charge in [0.05, 0.1) is 17.6 Å². The number of hydrazine groups is 1. The number of rotatable bonds is 9. The fourth-order valence-electron chi connectivity index (χ4n) is 2.71. The number of aromatic amines is 1. The lowest BCUT2D eigenvalue weighted by Gasteiger charge is -2.28. The lowest BCUT2D eigenvalue weighted by atomic mass is 10.2. The van der Waals surface area contributed by atoms with E-state index in [4.69, 9.17) is 5.84 Å². The predicted octanol–water partition coefficient (Wildman–Crippen LogP) is 5.61. The number of carbonyl (C=O) groups excluding carboxylic acids is 1. The Morgan fingerprint density at radius 3 is 2.50 bits per heavy atom. The standard InChI is InChI=1S/C19H29N7O.C3H8.C2H6/c1-5-7-8-11-21-15(12-14(3)24-20)17-16(13-22-25-17)23-18(27)26(6-2)19(4)9-10-19;1-3-2;1-2/h5,7,11-13,24H,3,6,8-10,20H2,1-2,4H3,(H,22,25)(H,23,27);3H2,1-2H3;1-2H3/b7-5-,15-12-,21-11?;;. The Morgan fingerprint density at radius 1 is 1.38 bits per heavy atom. The molecule has 0 atom stereocenters. The number of nitrogens with two attached hydrogens (primary N) is 1. The third-order valence-electron chi connectivity index (χ3n) is 4.53. The van der Waals surface area contributed by atoms with Crippen LogP contribution in [0.5, 0.6) is 0 Å². The van der Waals surface area contributed by atoms with E-state index in [0.29, 0.717) is 35.7 Å². The number of urea groups is 1. The van der Waals surface area contributed by atoms with Gasteiger partial charge in [0.2, 0.25) is 0 Å². The first-order valence-electron chi connectivity index (χ1n) is 11.5. The molecule has 0 radical (unpaired) electrons. The van der Waals surface area contributed by atoms with Crippen LogP contribution in [0.3, 0.4) is 0 Å². The van der Waals surface area contributed by atoms with Crippen LogP contribution >= 0.6 is 0 Å². The Bertz CT molecular complexity index is 773. The number of allylic oxidation sites excluding steroid dienone is 3. The molecule has 8 heteroatoms. The molecule has 1 aromatic heterocycles. The average molecular weight is 446 g/mol. The van der Waals surface area contributed by atoms with Gasteiger partial charge < -0.3 is 15.6 Å². The van der Waals surface area contributed by atoms with Gasteiger partial charge in [-0.25, -0.2) is 4.79 Å². The second kappa shape index (κ2) is 15.9. The van der Waals surface area contributed by atoms with Gasteiger partial charge in [-0.1, -0.05) is 52.8 Å². The van der Waals surface area contributed by atoms with E-state index in [1.165, 1.54) is 6.42 Å². The van der Waals surface area contributed by atoms with E-state index in [9.17, 15) is 4.79 Å². The Labute approximate surface area is 194 Å². The van der Waals surface area contributed by atoms with Crippen LogP contribution in [0.4, 0.5) is 10.5 Å². The molecule has 180 valence electrons. The Balaban J connectivity index is 0.00000177. The number of carbonyl (C=O) groups is 1. The Kier molecular flexibility index (Phi) is 14.4. The normalized spacial score (nSPS) is 14.2. The zero-order valence-corrected chi connectivity index (χ0v) is 21.0. The van der Waals surface area contributed by atoms with Gasteiger partial charge in [-0.2, -0.15) is 5.10 Å². The van der Waals surface area contributed by atoms with Crippen molar-refractivity contribution in [3.8, 4) is 0 Å². The summed E-state index contributed by atoms with van der Waals surface area (Å²) < 4.78 is 0. The molecule has 2 rings (SSSR count). The van der Waals surface area contributed by atoms with Crippen molar-refractivity contribution < 1.29 is 4.79 Å². The van der Waals surface area contributed by atoms with Gasteiger partial charge in [-0.05, 0) is 39.7 Å². The Hall–Kier alpha value is -2.87. The molecule has 0 unspecified atom stereocenters. The maximum Gasteiger partial charge on any atom is 0.322 e. The van der Waals surface area contributed by atoms with Crippen molar-refractivity contribution in [3.05, 3.63) is 42.4 Å². The molecule has 0 aromatic carbocycles. The number of nitrogens with one attached hydrogen (secondary N) is 3. The van der Waals surface area contributed by atoms with Crippen LogP contribution in [-0.2, 0) is 0 Å². The number of aromatic nitrogens is 2. The van der Waals surface area contributed by atoms with Gasteiger partial charge in [0.15, 0.2) is 0 Å².